The molecule has 0 spiro atoms. The molecule has 0 aliphatic carbocycles. The van der Waals surface area contributed by atoms with Crippen molar-refractivity contribution >= 4 is 0 Å². The molecule has 1 fully saturated rings. The van der Waals surface area contributed by atoms with Crippen LogP contribution in [-0.4, -0.2) is 30.3 Å². The number of hydrogen-bond acceptors (Lipinski definition) is 4. The first kappa shape index (κ1) is 16.8. The predicted octanol–water partition coefficient (Wildman–Crippen LogP) is 4.10. The van der Waals surface area contributed by atoms with Crippen molar-refractivity contribution in [2.75, 3.05) is 20.3 Å². The van der Waals surface area contributed by atoms with Gasteiger partial charge in [-0.15, -0.1) is 0 Å². The van der Waals surface area contributed by atoms with Crippen LogP contribution in [0.25, 0.3) is 11.1 Å². The van der Waals surface area contributed by atoms with Crippen LogP contribution in [0.15, 0.2) is 84.9 Å². The molecule has 1 atom stereocenters. The van der Waals surface area contributed by atoms with Crippen LogP contribution in [0.1, 0.15) is 11.6 Å². The highest BCUT2D eigenvalue weighted by Gasteiger charge is 2.28. The summed E-state index contributed by atoms with van der Waals surface area (Å²) < 4.78 is 5.95. The van der Waals surface area contributed by atoms with Gasteiger partial charge in [-0.2, -0.15) is 10.5 Å². The van der Waals surface area contributed by atoms with E-state index in [4.69, 9.17) is 4.74 Å². The summed E-state index contributed by atoms with van der Waals surface area (Å²) in [6, 6.07) is 29.5. The summed E-state index contributed by atoms with van der Waals surface area (Å²) in [5.41, 5.74) is 7.07. The molecule has 1 unspecified atom stereocenters. The zero-order valence-corrected chi connectivity index (χ0v) is 14.9. The van der Waals surface area contributed by atoms with Gasteiger partial charge in [-0.05, 0) is 28.8 Å². The smallest absolute Gasteiger partial charge is 0.155 e. The van der Waals surface area contributed by atoms with Crippen molar-refractivity contribution in [1.82, 2.24) is 15.6 Å². The minimum atomic E-state index is 0.320. The summed E-state index contributed by atoms with van der Waals surface area (Å²) in [6.45, 7) is 1.38. The Morgan fingerprint density at radius 1 is 0.846 bits per heavy atom. The summed E-state index contributed by atoms with van der Waals surface area (Å²) in [6.07, 6.45) is 0. The van der Waals surface area contributed by atoms with Crippen LogP contribution in [0.4, 0.5) is 0 Å². The summed E-state index contributed by atoms with van der Waals surface area (Å²) in [5.74, 6) is 0.872. The third kappa shape index (κ3) is 3.78. The fourth-order valence-electron chi connectivity index (χ4n) is 3.28. The molecule has 1 N–H and O–H groups in total. The minimum Gasteiger partial charge on any atom is -0.477 e. The molecule has 1 aliphatic heterocycles. The number of ether oxygens (including phenoxy) is 1. The zero-order chi connectivity index (χ0) is 17.8. The van der Waals surface area contributed by atoms with E-state index in [0.717, 1.165) is 12.3 Å². The Balaban J connectivity index is 1.35. The Labute approximate surface area is 154 Å². The summed E-state index contributed by atoms with van der Waals surface area (Å²) in [5, 5.41) is 4.21. The van der Waals surface area contributed by atoms with Crippen molar-refractivity contribution in [3.05, 3.63) is 90.5 Å². The first-order chi connectivity index (χ1) is 12.8. The van der Waals surface area contributed by atoms with Gasteiger partial charge < -0.3 is 4.74 Å². The molecule has 132 valence electrons. The van der Waals surface area contributed by atoms with E-state index in [1.54, 1.807) is 0 Å². The third-order valence-corrected chi connectivity index (χ3v) is 4.69. The molecule has 0 aromatic heterocycles. The van der Waals surface area contributed by atoms with Crippen LogP contribution in [0, 0.1) is 0 Å². The summed E-state index contributed by atoms with van der Waals surface area (Å²) >= 11 is 0. The Morgan fingerprint density at radius 2 is 1.46 bits per heavy atom. The minimum absolute atomic E-state index is 0.320. The molecule has 0 bridgehead atoms. The number of rotatable bonds is 5. The fraction of sp³-hybridized carbons (Fsp3) is 0.182. The molecule has 3 aromatic carbocycles. The van der Waals surface area contributed by atoms with E-state index in [0.29, 0.717) is 12.8 Å². The van der Waals surface area contributed by atoms with Crippen molar-refractivity contribution < 1.29 is 4.74 Å². The number of nitrogens with zero attached hydrogens (tertiary/aromatic N) is 2. The van der Waals surface area contributed by atoms with Crippen molar-refractivity contribution in [3.63, 3.8) is 0 Å². The average molecular weight is 345 g/mol. The Bertz CT molecular complexity index is 821. The molecule has 3 aromatic rings. The standard InChI is InChI=1S/C22H23N3O/c1-24-22(20-10-6-3-7-11-20)16-25(23-24)17-26-21-14-12-19(13-15-21)18-8-4-2-5-9-18/h2-15,22-23H,16-17H2,1H3. The quantitative estimate of drug-likeness (QED) is 0.753. The molecule has 0 radical (unpaired) electrons. The molecule has 4 nitrogen and oxygen atoms in total. The van der Waals surface area contributed by atoms with E-state index in [1.807, 2.05) is 24.3 Å². The normalized spacial score (nSPS) is 18.1. The first-order valence-corrected chi connectivity index (χ1v) is 8.87. The van der Waals surface area contributed by atoms with Gasteiger partial charge in [-0.25, -0.2) is 5.01 Å². The maximum Gasteiger partial charge on any atom is 0.155 e. The Morgan fingerprint density at radius 3 is 2.15 bits per heavy atom. The lowest BCUT2D eigenvalue weighted by atomic mass is 10.1. The highest BCUT2D eigenvalue weighted by Crippen LogP contribution is 2.25. The molecule has 4 rings (SSSR count). The van der Waals surface area contributed by atoms with Gasteiger partial charge in [0.25, 0.3) is 0 Å². The van der Waals surface area contributed by atoms with E-state index >= 15 is 0 Å². The molecular weight excluding hydrogens is 322 g/mol. The molecule has 0 saturated carbocycles. The van der Waals surface area contributed by atoms with Gasteiger partial charge in [0, 0.05) is 13.6 Å². The van der Waals surface area contributed by atoms with Crippen LogP contribution < -0.4 is 10.3 Å². The van der Waals surface area contributed by atoms with Crippen LogP contribution in [0.5, 0.6) is 5.75 Å². The van der Waals surface area contributed by atoms with E-state index in [9.17, 15) is 0 Å². The highest BCUT2D eigenvalue weighted by molar-refractivity contribution is 5.63. The van der Waals surface area contributed by atoms with Gasteiger partial charge in [0.05, 0.1) is 6.04 Å². The number of hydrogen-bond donors (Lipinski definition) is 1. The Hall–Kier alpha value is -2.66. The Kier molecular flexibility index (Phi) is 4.97. The molecule has 4 heteroatoms. The second-order valence-electron chi connectivity index (χ2n) is 6.52. The molecule has 1 saturated heterocycles. The van der Waals surface area contributed by atoms with Gasteiger partial charge in [0.15, 0.2) is 6.73 Å². The molecular formula is C22H23N3O. The van der Waals surface area contributed by atoms with E-state index in [1.165, 1.54) is 16.7 Å². The van der Waals surface area contributed by atoms with Gasteiger partial charge in [0.1, 0.15) is 5.75 Å². The topological polar surface area (TPSA) is 27.7 Å². The lowest BCUT2D eigenvalue weighted by molar-refractivity contribution is 0.0594. The second-order valence-corrected chi connectivity index (χ2v) is 6.52. The number of nitrogens with one attached hydrogen (secondary N) is 1. The SMILES string of the molecule is CN1NN(COc2ccc(-c3ccccc3)cc2)CC1c1ccccc1. The molecule has 0 amide bonds. The molecule has 26 heavy (non-hydrogen) atoms. The monoisotopic (exact) mass is 345 g/mol. The lowest BCUT2D eigenvalue weighted by Gasteiger charge is -2.18. The predicted molar refractivity (Wildman–Crippen MR) is 104 cm³/mol. The molecule has 1 heterocycles. The third-order valence-electron chi connectivity index (χ3n) is 4.69. The zero-order valence-electron chi connectivity index (χ0n) is 14.9. The number of benzene rings is 3. The van der Waals surface area contributed by atoms with E-state index in [2.05, 4.69) is 83.3 Å². The number of hydrazine groups is 2. The summed E-state index contributed by atoms with van der Waals surface area (Å²) in [4.78, 5) is 0. The summed E-state index contributed by atoms with van der Waals surface area (Å²) in [7, 11) is 2.06. The first-order valence-electron chi connectivity index (χ1n) is 8.87. The van der Waals surface area contributed by atoms with Gasteiger partial charge >= 0.3 is 0 Å². The highest BCUT2D eigenvalue weighted by atomic mass is 16.5. The van der Waals surface area contributed by atoms with Crippen molar-refractivity contribution in [1.29, 1.82) is 0 Å². The number of likely N-dealkylation sites (N-methyl/N-ethyl adjacent to an activating group) is 1. The molecule has 1 aliphatic rings. The maximum atomic E-state index is 5.95. The van der Waals surface area contributed by atoms with Crippen molar-refractivity contribution in [3.8, 4) is 16.9 Å². The van der Waals surface area contributed by atoms with E-state index in [-0.39, 0.29) is 0 Å². The maximum absolute atomic E-state index is 5.95. The van der Waals surface area contributed by atoms with Crippen LogP contribution in [0.3, 0.4) is 0 Å². The van der Waals surface area contributed by atoms with Crippen LogP contribution in [-0.2, 0) is 0 Å². The average Bonchev–Trinajstić information content (AvgIpc) is 3.09. The van der Waals surface area contributed by atoms with Gasteiger partial charge in [-0.1, -0.05) is 72.8 Å². The van der Waals surface area contributed by atoms with Crippen LogP contribution in [0.2, 0.25) is 0 Å². The van der Waals surface area contributed by atoms with E-state index < -0.39 is 0 Å². The van der Waals surface area contributed by atoms with Gasteiger partial charge in [-0.3, -0.25) is 0 Å². The van der Waals surface area contributed by atoms with Crippen molar-refractivity contribution in [2.24, 2.45) is 0 Å². The largest absolute Gasteiger partial charge is 0.477 e. The van der Waals surface area contributed by atoms with Crippen molar-refractivity contribution in [2.45, 2.75) is 6.04 Å². The van der Waals surface area contributed by atoms with Crippen LogP contribution >= 0.6 is 0 Å². The lowest BCUT2D eigenvalue weighted by Crippen LogP contribution is -2.39. The van der Waals surface area contributed by atoms with Gasteiger partial charge in [0.2, 0.25) is 0 Å². The second kappa shape index (κ2) is 7.70. The fourth-order valence-corrected chi connectivity index (χ4v) is 3.28.